The number of pyridine rings is 1. The minimum atomic E-state index is -0.438. The number of ether oxygens (including phenoxy) is 1. The van der Waals surface area contributed by atoms with Crippen molar-refractivity contribution in [2.75, 3.05) is 20.3 Å². The molecule has 0 amide bonds. The molecular weight excluding hydrogens is 404 g/mol. The largest absolute Gasteiger partial charge is 0.469 e. The second-order valence-electron chi connectivity index (χ2n) is 10.2. The monoisotopic (exact) mass is 440 g/mol. The molecule has 2 aliphatic heterocycles. The van der Waals surface area contributed by atoms with Crippen LogP contribution in [-0.4, -0.2) is 46.8 Å². The van der Waals surface area contributed by atoms with Gasteiger partial charge in [-0.3, -0.25) is 14.5 Å². The van der Waals surface area contributed by atoms with E-state index in [1.165, 1.54) is 45.6 Å². The molecule has 0 unspecified atom stereocenters. The van der Waals surface area contributed by atoms with Gasteiger partial charge in [0.25, 0.3) is 5.56 Å². The summed E-state index contributed by atoms with van der Waals surface area (Å²) in [6, 6.07) is 3.82. The molecule has 2 aliphatic carbocycles. The van der Waals surface area contributed by atoms with Gasteiger partial charge in [0.2, 0.25) is 0 Å². The van der Waals surface area contributed by atoms with Crippen molar-refractivity contribution in [2.45, 2.75) is 76.4 Å². The minimum Gasteiger partial charge on any atom is -0.469 e. The molecule has 5 rings (SSSR count). The summed E-state index contributed by atoms with van der Waals surface area (Å²) in [6.45, 7) is 1.40. The third-order valence-corrected chi connectivity index (χ3v) is 8.47. The summed E-state index contributed by atoms with van der Waals surface area (Å²) in [5.41, 5.74) is 2.94. The van der Waals surface area contributed by atoms with Crippen LogP contribution in [0.2, 0.25) is 0 Å². The lowest BCUT2D eigenvalue weighted by molar-refractivity contribution is -0.148. The summed E-state index contributed by atoms with van der Waals surface area (Å²) in [4.78, 5) is 28.9. The van der Waals surface area contributed by atoms with Crippen molar-refractivity contribution in [3.63, 3.8) is 0 Å². The predicted molar refractivity (Wildman–Crippen MR) is 123 cm³/mol. The molecule has 1 aromatic rings. The molecule has 2 fully saturated rings. The number of carbonyl (C=O) groups is 1. The number of allylic oxidation sites excluding steroid dienone is 2. The minimum absolute atomic E-state index is 0.0168. The highest BCUT2D eigenvalue weighted by Crippen LogP contribution is 2.49. The molecule has 1 saturated heterocycles. The average molecular weight is 441 g/mol. The first-order chi connectivity index (χ1) is 15.6. The molecule has 4 atom stereocenters. The lowest BCUT2D eigenvalue weighted by Gasteiger charge is -2.40. The Balaban J connectivity index is 1.56. The summed E-state index contributed by atoms with van der Waals surface area (Å²) in [7, 11) is 1.43. The van der Waals surface area contributed by atoms with Crippen LogP contribution in [0.25, 0.3) is 5.57 Å². The number of aliphatic hydroxyl groups is 1. The Hall–Kier alpha value is -1.92. The first kappa shape index (κ1) is 21.9. The van der Waals surface area contributed by atoms with Gasteiger partial charge >= 0.3 is 5.97 Å². The summed E-state index contributed by atoms with van der Waals surface area (Å²) in [5.74, 6) is -0.307. The van der Waals surface area contributed by atoms with E-state index in [2.05, 4.69) is 17.0 Å². The average Bonchev–Trinajstić information content (AvgIpc) is 3.04. The summed E-state index contributed by atoms with van der Waals surface area (Å²) in [6.07, 6.45) is 12.8. The number of methoxy groups -OCH3 is 1. The topological polar surface area (TPSA) is 71.8 Å². The zero-order valence-corrected chi connectivity index (χ0v) is 19.2. The highest BCUT2D eigenvalue weighted by molar-refractivity contribution is 5.75. The zero-order valence-electron chi connectivity index (χ0n) is 19.2. The van der Waals surface area contributed by atoms with Crippen molar-refractivity contribution >= 4 is 11.5 Å². The zero-order chi connectivity index (χ0) is 22.2. The van der Waals surface area contributed by atoms with Gasteiger partial charge in [-0.25, -0.2) is 0 Å². The molecule has 4 aliphatic rings. The van der Waals surface area contributed by atoms with Gasteiger partial charge in [-0.05, 0) is 62.1 Å². The first-order valence-electron chi connectivity index (χ1n) is 12.5. The molecule has 174 valence electrons. The molecular formula is C26H36N2O4. The number of aliphatic hydroxyl groups excluding tert-OH is 1. The number of aromatic nitrogens is 1. The lowest BCUT2D eigenvalue weighted by atomic mass is 9.87. The number of hydrogen-bond acceptors (Lipinski definition) is 5. The first-order valence-corrected chi connectivity index (χ1v) is 12.5. The molecule has 1 aromatic heterocycles. The van der Waals surface area contributed by atoms with E-state index >= 15 is 0 Å². The van der Waals surface area contributed by atoms with Crippen LogP contribution in [0.5, 0.6) is 0 Å². The van der Waals surface area contributed by atoms with Crippen molar-refractivity contribution in [3.05, 3.63) is 39.8 Å². The van der Waals surface area contributed by atoms with Gasteiger partial charge in [0.1, 0.15) is 0 Å². The normalized spacial score (nSPS) is 30.6. The summed E-state index contributed by atoms with van der Waals surface area (Å²) >= 11 is 0. The van der Waals surface area contributed by atoms with E-state index in [1.807, 2.05) is 10.6 Å². The third-order valence-electron chi connectivity index (χ3n) is 8.47. The maximum Gasteiger partial charge on any atom is 0.311 e. The Morgan fingerprint density at radius 3 is 2.66 bits per heavy atom. The van der Waals surface area contributed by atoms with E-state index in [-0.39, 0.29) is 36.1 Å². The van der Waals surface area contributed by atoms with Crippen molar-refractivity contribution in [1.82, 2.24) is 9.47 Å². The Bertz CT molecular complexity index is 946. The predicted octanol–water partition coefficient (Wildman–Crippen LogP) is 3.52. The molecule has 0 aromatic carbocycles. The smallest absolute Gasteiger partial charge is 0.311 e. The molecule has 0 spiro atoms. The van der Waals surface area contributed by atoms with Crippen molar-refractivity contribution in [3.8, 4) is 0 Å². The van der Waals surface area contributed by atoms with Crippen molar-refractivity contribution < 1.29 is 14.6 Å². The van der Waals surface area contributed by atoms with Crippen LogP contribution >= 0.6 is 0 Å². The van der Waals surface area contributed by atoms with Crippen LogP contribution in [0.15, 0.2) is 23.0 Å². The molecule has 2 bridgehead atoms. The molecule has 0 radical (unpaired) electrons. The van der Waals surface area contributed by atoms with Crippen LogP contribution in [0, 0.1) is 17.8 Å². The van der Waals surface area contributed by atoms with E-state index in [4.69, 9.17) is 4.74 Å². The fourth-order valence-electron chi connectivity index (χ4n) is 6.87. The number of hydrogen-bond donors (Lipinski definition) is 1. The Kier molecular flexibility index (Phi) is 6.26. The molecule has 6 heteroatoms. The number of nitrogens with zero attached hydrogens (tertiary/aromatic N) is 2. The molecule has 6 nitrogen and oxygen atoms in total. The van der Waals surface area contributed by atoms with Crippen LogP contribution in [0.3, 0.4) is 0 Å². The third kappa shape index (κ3) is 3.65. The maximum absolute atomic E-state index is 13.6. The molecule has 1 N–H and O–H groups in total. The molecule has 1 saturated carbocycles. The van der Waals surface area contributed by atoms with Gasteiger partial charge in [-0.1, -0.05) is 25.3 Å². The van der Waals surface area contributed by atoms with E-state index in [0.29, 0.717) is 12.5 Å². The highest BCUT2D eigenvalue weighted by Gasteiger charge is 2.56. The van der Waals surface area contributed by atoms with Crippen molar-refractivity contribution in [1.29, 1.82) is 0 Å². The fraction of sp³-hybridized carbons (Fsp3) is 0.692. The van der Waals surface area contributed by atoms with Crippen LogP contribution in [0.4, 0.5) is 0 Å². The number of esters is 1. The van der Waals surface area contributed by atoms with Crippen molar-refractivity contribution in [2.24, 2.45) is 17.8 Å². The lowest BCUT2D eigenvalue weighted by Crippen LogP contribution is -2.48. The van der Waals surface area contributed by atoms with E-state index in [1.54, 1.807) is 0 Å². The van der Waals surface area contributed by atoms with Gasteiger partial charge in [0.05, 0.1) is 19.1 Å². The Morgan fingerprint density at radius 1 is 1.16 bits per heavy atom. The van der Waals surface area contributed by atoms with E-state index < -0.39 is 5.92 Å². The van der Waals surface area contributed by atoms with Gasteiger partial charge in [-0.2, -0.15) is 0 Å². The van der Waals surface area contributed by atoms with Crippen LogP contribution < -0.4 is 5.56 Å². The number of carbonyl (C=O) groups excluding carboxylic acids is 1. The Morgan fingerprint density at radius 2 is 1.97 bits per heavy atom. The van der Waals surface area contributed by atoms with Gasteiger partial charge in [0, 0.05) is 42.9 Å². The standard InChI is InChI=1S/C26H36N2O4/c1-32-26(31)23-20(16-29)22-15-28-21(24(23)27(22)14-17-8-4-2-5-9-17)13-12-19(25(28)30)18-10-6-3-7-11-18/h10,12-13,17,20,22-24,29H,2-9,11,14-16H2,1H3/t20-,22-,23+,24+/m1/s1. The molecule has 32 heavy (non-hydrogen) atoms. The Labute approximate surface area is 190 Å². The van der Waals surface area contributed by atoms with Crippen LogP contribution in [0.1, 0.15) is 75.1 Å². The maximum atomic E-state index is 13.6. The van der Waals surface area contributed by atoms with Gasteiger partial charge in [0.15, 0.2) is 0 Å². The summed E-state index contributed by atoms with van der Waals surface area (Å²) in [5, 5.41) is 10.3. The summed E-state index contributed by atoms with van der Waals surface area (Å²) < 4.78 is 7.11. The number of rotatable bonds is 5. The van der Waals surface area contributed by atoms with Crippen LogP contribution in [-0.2, 0) is 16.1 Å². The van der Waals surface area contributed by atoms with Gasteiger partial charge < -0.3 is 14.4 Å². The van der Waals surface area contributed by atoms with Gasteiger partial charge in [-0.15, -0.1) is 0 Å². The highest BCUT2D eigenvalue weighted by atomic mass is 16.5. The fourth-order valence-corrected chi connectivity index (χ4v) is 6.87. The van der Waals surface area contributed by atoms with E-state index in [0.717, 1.165) is 42.6 Å². The number of fused-ring (bicyclic) bond motifs is 4. The quantitative estimate of drug-likeness (QED) is 0.710. The SMILES string of the molecule is COC(=O)[C@H]1[C@H](CO)[C@H]2Cn3c(ccc(C4=CCCCC4)c3=O)[C@@H]1N2CC1CCCCC1. The second kappa shape index (κ2) is 9.14. The second-order valence-corrected chi connectivity index (χ2v) is 10.2. The van der Waals surface area contributed by atoms with E-state index in [9.17, 15) is 14.7 Å². The molecule has 3 heterocycles.